The van der Waals surface area contributed by atoms with Crippen LogP contribution >= 0.6 is 0 Å². The summed E-state index contributed by atoms with van der Waals surface area (Å²) in [6.07, 6.45) is -3.50. The summed E-state index contributed by atoms with van der Waals surface area (Å²) in [4.78, 5) is 29.9. The number of carbonyl (C=O) groups excluding carboxylic acids is 2. The Morgan fingerprint density at radius 3 is 2.18 bits per heavy atom. The Hall–Kier alpha value is -4.42. The zero-order chi connectivity index (χ0) is 28.2. The van der Waals surface area contributed by atoms with Crippen molar-refractivity contribution < 1.29 is 31.5 Å². The number of hydrogen-bond donors (Lipinski definition) is 3. The van der Waals surface area contributed by atoms with Gasteiger partial charge in [0, 0.05) is 73.7 Å². The number of nitrogens with zero attached hydrogens (tertiary/aromatic N) is 3. The smallest absolute Gasteiger partial charge is 0.381 e. The van der Waals surface area contributed by atoms with E-state index in [0.717, 1.165) is 16.7 Å². The first-order valence-electron chi connectivity index (χ1n) is 11.9. The van der Waals surface area contributed by atoms with Gasteiger partial charge in [0.2, 0.25) is 5.91 Å². The van der Waals surface area contributed by atoms with E-state index in [4.69, 9.17) is 5.73 Å². The Balaban J connectivity index is 1.42. The van der Waals surface area contributed by atoms with E-state index in [1.165, 1.54) is 18.3 Å². The lowest BCUT2D eigenvalue weighted by Gasteiger charge is -2.36. The maximum atomic E-state index is 13.5. The second-order valence-corrected chi connectivity index (χ2v) is 8.95. The lowest BCUT2D eigenvalue weighted by atomic mass is 10.1. The molecule has 39 heavy (non-hydrogen) atoms. The number of amides is 2. The molecular formula is C26H25F5N6O2. The van der Waals surface area contributed by atoms with E-state index in [9.17, 15) is 31.5 Å². The number of benzene rings is 2. The van der Waals surface area contributed by atoms with Crippen molar-refractivity contribution in [1.29, 1.82) is 0 Å². The summed E-state index contributed by atoms with van der Waals surface area (Å²) >= 11 is 0. The third-order valence-corrected chi connectivity index (χ3v) is 6.07. The SMILES string of the molecule is NC(=O)Cc1cnc(Nc2ccc(N3CCN(C(=O)C(F)(F)F)CC3)cc2)cc1NCc1cc(F)cc(F)c1. The van der Waals surface area contributed by atoms with Gasteiger partial charge in [-0.05, 0) is 42.0 Å². The van der Waals surface area contributed by atoms with Crippen LogP contribution in [-0.2, 0) is 22.6 Å². The summed E-state index contributed by atoms with van der Waals surface area (Å²) in [7, 11) is 0. The number of alkyl halides is 3. The van der Waals surface area contributed by atoms with E-state index in [1.54, 1.807) is 30.3 Å². The van der Waals surface area contributed by atoms with Crippen molar-refractivity contribution in [3.63, 3.8) is 0 Å². The molecule has 0 saturated carbocycles. The highest BCUT2D eigenvalue weighted by Crippen LogP contribution is 2.26. The van der Waals surface area contributed by atoms with Crippen LogP contribution < -0.4 is 21.3 Å². The number of rotatable bonds is 8. The summed E-state index contributed by atoms with van der Waals surface area (Å²) in [6, 6.07) is 11.9. The molecular weight excluding hydrogens is 523 g/mol. The average molecular weight is 549 g/mol. The topological polar surface area (TPSA) is 104 Å². The number of hydrogen-bond acceptors (Lipinski definition) is 6. The van der Waals surface area contributed by atoms with Crippen LogP contribution in [-0.4, -0.2) is 54.1 Å². The normalized spacial score (nSPS) is 13.8. The second-order valence-electron chi connectivity index (χ2n) is 8.95. The summed E-state index contributed by atoms with van der Waals surface area (Å²) in [5.74, 6) is -3.39. The van der Waals surface area contributed by atoms with Crippen LogP contribution in [0.25, 0.3) is 0 Å². The highest BCUT2D eigenvalue weighted by atomic mass is 19.4. The summed E-state index contributed by atoms with van der Waals surface area (Å²) in [5, 5.41) is 6.19. The van der Waals surface area contributed by atoms with Crippen LogP contribution in [0, 0.1) is 11.6 Å². The van der Waals surface area contributed by atoms with Crippen molar-refractivity contribution in [1.82, 2.24) is 9.88 Å². The number of carbonyl (C=O) groups is 2. The van der Waals surface area contributed by atoms with Gasteiger partial charge in [0.05, 0.1) is 6.42 Å². The fourth-order valence-corrected chi connectivity index (χ4v) is 4.21. The number of halogens is 5. The molecule has 1 fully saturated rings. The van der Waals surface area contributed by atoms with Gasteiger partial charge in [0.25, 0.3) is 0 Å². The first-order chi connectivity index (χ1) is 18.5. The van der Waals surface area contributed by atoms with Crippen LogP contribution in [0.3, 0.4) is 0 Å². The van der Waals surface area contributed by atoms with E-state index < -0.39 is 29.6 Å². The molecule has 0 spiro atoms. The van der Waals surface area contributed by atoms with Gasteiger partial charge >= 0.3 is 12.1 Å². The molecule has 13 heteroatoms. The van der Waals surface area contributed by atoms with Crippen LogP contribution in [0.2, 0.25) is 0 Å². The fourth-order valence-electron chi connectivity index (χ4n) is 4.21. The van der Waals surface area contributed by atoms with Gasteiger partial charge in [-0.25, -0.2) is 13.8 Å². The monoisotopic (exact) mass is 548 g/mol. The standard InChI is InChI=1S/C26H25F5N6O2/c27-18-9-16(10-19(28)12-18)14-33-22-13-24(34-15-17(22)11-23(32)38)35-20-1-3-21(4-2-20)36-5-7-37(8-6-36)25(39)26(29,30)31/h1-4,9-10,12-13,15H,5-8,11,14H2,(H2,32,38)(H2,33,34,35). The minimum Gasteiger partial charge on any atom is -0.381 e. The van der Waals surface area contributed by atoms with Crippen molar-refractivity contribution in [2.75, 3.05) is 41.7 Å². The summed E-state index contributed by atoms with van der Waals surface area (Å²) < 4.78 is 65.1. The van der Waals surface area contributed by atoms with Gasteiger partial charge in [-0.1, -0.05) is 0 Å². The lowest BCUT2D eigenvalue weighted by Crippen LogP contribution is -2.52. The first-order valence-corrected chi connectivity index (χ1v) is 11.9. The zero-order valence-electron chi connectivity index (χ0n) is 20.6. The molecule has 1 saturated heterocycles. The van der Waals surface area contributed by atoms with Gasteiger partial charge in [0.1, 0.15) is 17.5 Å². The van der Waals surface area contributed by atoms with Gasteiger partial charge in [-0.2, -0.15) is 13.2 Å². The third kappa shape index (κ3) is 7.33. The molecule has 4 rings (SSSR count). The molecule has 1 aromatic heterocycles. The Labute approximate surface area is 220 Å². The van der Waals surface area contributed by atoms with E-state index in [1.807, 2.05) is 4.90 Å². The Kier molecular flexibility index (Phi) is 8.17. The minimum absolute atomic E-state index is 0.0298. The second kappa shape index (κ2) is 11.5. The van der Waals surface area contributed by atoms with Gasteiger partial charge in [-0.3, -0.25) is 9.59 Å². The van der Waals surface area contributed by atoms with Crippen molar-refractivity contribution in [3.05, 3.63) is 77.5 Å². The molecule has 8 nitrogen and oxygen atoms in total. The molecule has 4 N–H and O–H groups in total. The molecule has 2 amide bonds. The predicted molar refractivity (Wildman–Crippen MR) is 135 cm³/mol. The molecule has 1 aliphatic rings. The summed E-state index contributed by atoms with van der Waals surface area (Å²) in [6.45, 7) is 0.555. The number of piperazine rings is 1. The molecule has 0 radical (unpaired) electrons. The number of nitrogens with one attached hydrogen (secondary N) is 2. The van der Waals surface area contributed by atoms with Crippen LogP contribution in [0.15, 0.2) is 54.7 Å². The Morgan fingerprint density at radius 2 is 1.59 bits per heavy atom. The molecule has 2 heterocycles. The largest absolute Gasteiger partial charge is 0.471 e. The molecule has 0 atom stereocenters. The van der Waals surface area contributed by atoms with Crippen LogP contribution in [0.1, 0.15) is 11.1 Å². The Bertz CT molecular complexity index is 1320. The predicted octanol–water partition coefficient (Wildman–Crippen LogP) is 3.95. The molecule has 0 bridgehead atoms. The molecule has 3 aromatic rings. The van der Waals surface area contributed by atoms with Crippen molar-refractivity contribution in [3.8, 4) is 0 Å². The third-order valence-electron chi connectivity index (χ3n) is 6.07. The quantitative estimate of drug-likeness (QED) is 0.369. The van der Waals surface area contributed by atoms with E-state index in [0.29, 0.717) is 28.3 Å². The zero-order valence-corrected chi connectivity index (χ0v) is 20.6. The van der Waals surface area contributed by atoms with Crippen molar-refractivity contribution >= 4 is 34.7 Å². The van der Waals surface area contributed by atoms with Gasteiger partial charge in [-0.15, -0.1) is 0 Å². The molecule has 206 valence electrons. The molecule has 0 unspecified atom stereocenters. The van der Waals surface area contributed by atoms with Crippen LogP contribution in [0.5, 0.6) is 0 Å². The van der Waals surface area contributed by atoms with Gasteiger partial charge in [0.15, 0.2) is 0 Å². The average Bonchev–Trinajstić information content (AvgIpc) is 2.87. The minimum atomic E-state index is -4.88. The van der Waals surface area contributed by atoms with Crippen molar-refractivity contribution in [2.45, 2.75) is 19.1 Å². The van der Waals surface area contributed by atoms with Crippen LogP contribution in [0.4, 0.5) is 44.8 Å². The maximum absolute atomic E-state index is 13.5. The number of primary amides is 1. The summed E-state index contributed by atoms with van der Waals surface area (Å²) in [5.41, 5.74) is 8.15. The fraction of sp³-hybridized carbons (Fsp3) is 0.269. The van der Waals surface area contributed by atoms with E-state index >= 15 is 0 Å². The van der Waals surface area contributed by atoms with Gasteiger partial charge < -0.3 is 26.2 Å². The number of anilines is 4. The Morgan fingerprint density at radius 1 is 0.949 bits per heavy atom. The van der Waals surface area contributed by atoms with Crippen molar-refractivity contribution in [2.24, 2.45) is 5.73 Å². The molecule has 2 aromatic carbocycles. The van der Waals surface area contributed by atoms with E-state index in [-0.39, 0.29) is 39.1 Å². The number of pyridine rings is 1. The lowest BCUT2D eigenvalue weighted by molar-refractivity contribution is -0.185. The highest BCUT2D eigenvalue weighted by molar-refractivity contribution is 5.82. The van der Waals surface area contributed by atoms with E-state index in [2.05, 4.69) is 15.6 Å². The number of aromatic nitrogens is 1. The first kappa shape index (κ1) is 27.6. The molecule has 0 aliphatic carbocycles. The number of nitrogens with two attached hydrogens (primary N) is 1. The molecule has 1 aliphatic heterocycles. The maximum Gasteiger partial charge on any atom is 0.471 e. The highest BCUT2D eigenvalue weighted by Gasteiger charge is 2.43.